The molecule has 80 valence electrons. The monoisotopic (exact) mass is 196 g/mol. The maximum atomic E-state index is 5.75. The molecule has 0 saturated carbocycles. The second kappa shape index (κ2) is 6.02. The van der Waals surface area contributed by atoms with E-state index in [1.165, 1.54) is 0 Å². The van der Waals surface area contributed by atoms with E-state index in [-0.39, 0.29) is 12.1 Å². The van der Waals surface area contributed by atoms with Crippen LogP contribution in [0.5, 0.6) is 0 Å². The van der Waals surface area contributed by atoms with Crippen molar-refractivity contribution < 1.29 is 4.74 Å². The molecule has 0 spiro atoms. The molecular weight excluding hydrogens is 176 g/mol. The van der Waals surface area contributed by atoms with Crippen molar-refractivity contribution in [2.24, 2.45) is 5.73 Å². The quantitative estimate of drug-likeness (QED) is 0.497. The summed E-state index contributed by atoms with van der Waals surface area (Å²) in [4.78, 5) is 0. The minimum atomic E-state index is 0.258. The Morgan fingerprint density at radius 2 is 2.43 bits per heavy atom. The molecule has 0 bridgehead atoms. The molecule has 3 atom stereocenters. The van der Waals surface area contributed by atoms with Crippen molar-refractivity contribution in [2.45, 2.75) is 44.4 Å². The van der Waals surface area contributed by atoms with Gasteiger partial charge >= 0.3 is 0 Å². The van der Waals surface area contributed by atoms with Gasteiger partial charge in [0.2, 0.25) is 0 Å². The fourth-order valence-electron chi connectivity index (χ4n) is 1.83. The van der Waals surface area contributed by atoms with Crippen molar-refractivity contribution in [2.75, 3.05) is 13.1 Å². The zero-order valence-corrected chi connectivity index (χ0v) is 8.83. The first-order valence-corrected chi connectivity index (χ1v) is 5.30. The molecular formula is C11H20N2O. The summed E-state index contributed by atoms with van der Waals surface area (Å²) in [5.41, 5.74) is 5.69. The fraction of sp³-hybridized carbons (Fsp3) is 0.818. The third kappa shape index (κ3) is 3.30. The van der Waals surface area contributed by atoms with Crippen molar-refractivity contribution in [3.63, 3.8) is 0 Å². The fourth-order valence-corrected chi connectivity index (χ4v) is 1.83. The number of nitrogens with one attached hydrogen (secondary N) is 1. The van der Waals surface area contributed by atoms with Gasteiger partial charge in [0.1, 0.15) is 0 Å². The van der Waals surface area contributed by atoms with Gasteiger partial charge in [-0.15, -0.1) is 12.3 Å². The summed E-state index contributed by atoms with van der Waals surface area (Å²) in [7, 11) is 0. The van der Waals surface area contributed by atoms with Crippen LogP contribution in [0.1, 0.15) is 26.2 Å². The molecule has 1 saturated heterocycles. The summed E-state index contributed by atoms with van der Waals surface area (Å²) in [6.45, 7) is 3.55. The molecule has 3 nitrogen and oxygen atoms in total. The van der Waals surface area contributed by atoms with Crippen LogP contribution in [0.25, 0.3) is 0 Å². The summed E-state index contributed by atoms with van der Waals surface area (Å²) in [5.74, 6) is 2.60. The van der Waals surface area contributed by atoms with Crippen LogP contribution in [0.2, 0.25) is 0 Å². The Morgan fingerprint density at radius 3 is 2.93 bits per heavy atom. The Labute approximate surface area is 86.4 Å². The van der Waals surface area contributed by atoms with Crippen LogP contribution >= 0.6 is 0 Å². The topological polar surface area (TPSA) is 47.3 Å². The molecule has 0 aromatic rings. The zero-order chi connectivity index (χ0) is 10.4. The van der Waals surface area contributed by atoms with Crippen molar-refractivity contribution in [3.05, 3.63) is 0 Å². The van der Waals surface area contributed by atoms with Crippen LogP contribution in [0.3, 0.4) is 0 Å². The summed E-state index contributed by atoms with van der Waals surface area (Å²) >= 11 is 0. The zero-order valence-electron chi connectivity index (χ0n) is 8.83. The number of ether oxygens (including phenoxy) is 1. The summed E-state index contributed by atoms with van der Waals surface area (Å²) in [6, 6.07) is 0.258. The van der Waals surface area contributed by atoms with Crippen molar-refractivity contribution >= 4 is 0 Å². The standard InChI is InChI=1S/C11H20N2O/c1-3-4-7-13-10(8-12)11-6-5-9(2)14-11/h1,9-11,13H,4-8,12H2,2H3. The first-order chi connectivity index (χ1) is 6.77. The number of hydrogen-bond acceptors (Lipinski definition) is 3. The molecule has 1 heterocycles. The Bertz CT molecular complexity index is 200. The van der Waals surface area contributed by atoms with Gasteiger partial charge in [-0.3, -0.25) is 0 Å². The summed E-state index contributed by atoms with van der Waals surface area (Å²) < 4.78 is 5.75. The number of terminal acetylenes is 1. The predicted molar refractivity (Wildman–Crippen MR) is 57.9 cm³/mol. The molecule has 0 radical (unpaired) electrons. The smallest absolute Gasteiger partial charge is 0.0744 e. The molecule has 3 heteroatoms. The minimum Gasteiger partial charge on any atom is -0.374 e. The van der Waals surface area contributed by atoms with Crippen LogP contribution in [0.4, 0.5) is 0 Å². The van der Waals surface area contributed by atoms with Gasteiger partial charge in [0, 0.05) is 25.6 Å². The van der Waals surface area contributed by atoms with Crippen LogP contribution in [0, 0.1) is 12.3 Å². The lowest BCUT2D eigenvalue weighted by Crippen LogP contribution is -2.45. The summed E-state index contributed by atoms with van der Waals surface area (Å²) in [6.07, 6.45) is 8.82. The SMILES string of the molecule is C#CCCNC(CN)C1CCC(C)O1. The molecule has 0 aromatic carbocycles. The summed E-state index contributed by atoms with van der Waals surface area (Å²) in [5, 5.41) is 3.34. The van der Waals surface area contributed by atoms with E-state index in [1.807, 2.05) is 0 Å². The van der Waals surface area contributed by atoms with Gasteiger partial charge < -0.3 is 15.8 Å². The Balaban J connectivity index is 2.27. The third-order valence-corrected chi connectivity index (χ3v) is 2.64. The van der Waals surface area contributed by atoms with E-state index in [4.69, 9.17) is 16.9 Å². The first-order valence-electron chi connectivity index (χ1n) is 5.30. The second-order valence-electron chi connectivity index (χ2n) is 3.81. The van der Waals surface area contributed by atoms with Crippen LogP contribution in [-0.2, 0) is 4.74 Å². The van der Waals surface area contributed by atoms with E-state index in [2.05, 4.69) is 18.2 Å². The van der Waals surface area contributed by atoms with Crippen LogP contribution < -0.4 is 11.1 Å². The minimum absolute atomic E-state index is 0.258. The average Bonchev–Trinajstić information content (AvgIpc) is 2.60. The molecule has 3 unspecified atom stereocenters. The highest BCUT2D eigenvalue weighted by molar-refractivity contribution is 4.88. The average molecular weight is 196 g/mol. The normalized spacial score (nSPS) is 28.6. The Hall–Kier alpha value is -0.560. The molecule has 14 heavy (non-hydrogen) atoms. The van der Waals surface area contributed by atoms with Gasteiger partial charge in [-0.25, -0.2) is 0 Å². The lowest BCUT2D eigenvalue weighted by molar-refractivity contribution is 0.0341. The number of rotatable bonds is 5. The highest BCUT2D eigenvalue weighted by Crippen LogP contribution is 2.21. The molecule has 0 aromatic heterocycles. The van der Waals surface area contributed by atoms with E-state index in [0.717, 1.165) is 25.8 Å². The Morgan fingerprint density at radius 1 is 1.64 bits per heavy atom. The predicted octanol–water partition coefficient (Wildman–Crippen LogP) is 0.494. The van der Waals surface area contributed by atoms with E-state index < -0.39 is 0 Å². The van der Waals surface area contributed by atoms with E-state index in [9.17, 15) is 0 Å². The van der Waals surface area contributed by atoms with Gasteiger partial charge in [0.25, 0.3) is 0 Å². The Kier molecular flexibility index (Phi) is 4.95. The molecule has 1 fully saturated rings. The lowest BCUT2D eigenvalue weighted by Gasteiger charge is -2.23. The number of hydrogen-bond donors (Lipinski definition) is 2. The van der Waals surface area contributed by atoms with E-state index in [0.29, 0.717) is 12.6 Å². The van der Waals surface area contributed by atoms with Crippen molar-refractivity contribution in [1.82, 2.24) is 5.32 Å². The van der Waals surface area contributed by atoms with Crippen molar-refractivity contribution in [1.29, 1.82) is 0 Å². The van der Waals surface area contributed by atoms with E-state index >= 15 is 0 Å². The van der Waals surface area contributed by atoms with Gasteiger partial charge in [-0.1, -0.05) is 0 Å². The molecule has 0 amide bonds. The van der Waals surface area contributed by atoms with Gasteiger partial charge in [0.15, 0.2) is 0 Å². The molecule has 1 aliphatic rings. The second-order valence-corrected chi connectivity index (χ2v) is 3.81. The lowest BCUT2D eigenvalue weighted by atomic mass is 10.1. The van der Waals surface area contributed by atoms with Gasteiger partial charge in [0.05, 0.1) is 12.2 Å². The van der Waals surface area contributed by atoms with Gasteiger partial charge in [-0.2, -0.15) is 0 Å². The largest absolute Gasteiger partial charge is 0.374 e. The van der Waals surface area contributed by atoms with E-state index in [1.54, 1.807) is 0 Å². The van der Waals surface area contributed by atoms with Crippen molar-refractivity contribution in [3.8, 4) is 12.3 Å². The first kappa shape index (κ1) is 11.5. The van der Waals surface area contributed by atoms with Gasteiger partial charge in [-0.05, 0) is 19.8 Å². The maximum Gasteiger partial charge on any atom is 0.0744 e. The molecule has 0 aliphatic carbocycles. The van der Waals surface area contributed by atoms with Crippen LogP contribution in [-0.4, -0.2) is 31.3 Å². The maximum absolute atomic E-state index is 5.75. The number of nitrogens with two attached hydrogens (primary N) is 1. The van der Waals surface area contributed by atoms with Crippen LogP contribution in [0.15, 0.2) is 0 Å². The third-order valence-electron chi connectivity index (χ3n) is 2.64. The molecule has 1 rings (SSSR count). The molecule has 3 N–H and O–H groups in total. The highest BCUT2D eigenvalue weighted by atomic mass is 16.5. The highest BCUT2D eigenvalue weighted by Gasteiger charge is 2.28. The molecule has 1 aliphatic heterocycles.